The molecule has 3 heterocycles. The molecule has 326 valence electrons. The monoisotopic (exact) mass is 884 g/mol. The van der Waals surface area contributed by atoms with Gasteiger partial charge < -0.3 is 4.57 Å². The molecule has 0 unspecified atom stereocenters. The Morgan fingerprint density at radius 1 is 0.275 bits per heavy atom. The molecule has 0 fully saturated rings. The van der Waals surface area contributed by atoms with Gasteiger partial charge in [0, 0.05) is 44.2 Å². The molecule has 0 N–H and O–H groups in total. The summed E-state index contributed by atoms with van der Waals surface area (Å²) in [5, 5.41) is 2.29. The third kappa shape index (κ3) is 7.84. The van der Waals surface area contributed by atoms with Crippen LogP contribution in [0.2, 0.25) is 0 Å². The van der Waals surface area contributed by atoms with E-state index >= 15 is 0 Å². The van der Waals surface area contributed by atoms with E-state index in [4.69, 9.17) is 24.9 Å². The van der Waals surface area contributed by atoms with Crippen LogP contribution in [0.3, 0.4) is 0 Å². The number of fused-ring (bicyclic) bond motifs is 3. The second-order valence-corrected chi connectivity index (χ2v) is 17.4. The van der Waals surface area contributed by atoms with Gasteiger partial charge in [0.05, 0.1) is 28.1 Å². The zero-order chi connectivity index (χ0) is 46.3. The van der Waals surface area contributed by atoms with Gasteiger partial charge >= 0.3 is 0 Å². The molecule has 12 aromatic rings. The first-order valence-electron chi connectivity index (χ1n) is 23.2. The first-order chi connectivity index (χ1) is 34.0. The highest BCUT2D eigenvalue weighted by atomic mass is 15.1. The fraction of sp³-hybridized carbons (Fsp3) is 0.0317. The van der Waals surface area contributed by atoms with E-state index < -0.39 is 0 Å². The molecule has 0 amide bonds. The van der Waals surface area contributed by atoms with E-state index in [1.54, 1.807) is 0 Å². The maximum Gasteiger partial charge on any atom is 0.166 e. The van der Waals surface area contributed by atoms with Crippen LogP contribution in [0.4, 0.5) is 0 Å². The van der Waals surface area contributed by atoms with Gasteiger partial charge in [0.1, 0.15) is 0 Å². The van der Waals surface area contributed by atoms with E-state index in [-0.39, 0.29) is 0 Å². The quantitative estimate of drug-likeness (QED) is 0.144. The summed E-state index contributed by atoms with van der Waals surface area (Å²) in [6.07, 6.45) is 0. The van der Waals surface area contributed by atoms with Crippen LogP contribution in [-0.2, 0) is 0 Å². The topological polar surface area (TPSA) is 69.4 Å². The standard InChI is InChI=1S/C63H44N6/c1-41-19-15-17-29-50(41)47-31-34-57-52(37-47)53-38-48(51-30-18-16-20-42(51)2)32-35-58(53)69(57)59-36-33-49(62-64-55(43-21-7-3-8-22-43)40-56(65-62)44-23-9-4-10-24-44)39-54(59)63-67-60(45-25-11-5-12-26-45)66-61(68-63)46-27-13-6-14-28-46/h3-40H,1-2H3. The average molecular weight is 885 g/mol. The van der Waals surface area contributed by atoms with Crippen LogP contribution >= 0.6 is 0 Å². The van der Waals surface area contributed by atoms with Gasteiger partial charge in [-0.2, -0.15) is 0 Å². The van der Waals surface area contributed by atoms with Crippen molar-refractivity contribution in [2.24, 2.45) is 0 Å². The normalized spacial score (nSPS) is 11.3. The molecular formula is C63H44N6. The van der Waals surface area contributed by atoms with E-state index in [0.29, 0.717) is 23.3 Å². The van der Waals surface area contributed by atoms with E-state index in [1.807, 2.05) is 97.1 Å². The van der Waals surface area contributed by atoms with Crippen LogP contribution in [0, 0.1) is 13.8 Å². The molecular weight excluding hydrogens is 841 g/mol. The lowest BCUT2D eigenvalue weighted by molar-refractivity contribution is 1.06. The minimum absolute atomic E-state index is 0.533. The molecule has 0 atom stereocenters. The van der Waals surface area contributed by atoms with Crippen LogP contribution in [0.15, 0.2) is 231 Å². The summed E-state index contributed by atoms with van der Waals surface area (Å²) in [7, 11) is 0. The highest BCUT2D eigenvalue weighted by molar-refractivity contribution is 6.12. The van der Waals surface area contributed by atoms with Crippen LogP contribution in [0.1, 0.15) is 11.1 Å². The molecule has 6 nitrogen and oxygen atoms in total. The Bertz CT molecular complexity index is 3630. The summed E-state index contributed by atoms with van der Waals surface area (Å²) in [4.78, 5) is 26.3. The summed E-state index contributed by atoms with van der Waals surface area (Å²) in [5.74, 6) is 2.29. The second-order valence-electron chi connectivity index (χ2n) is 17.4. The van der Waals surface area contributed by atoms with Gasteiger partial charge in [-0.05, 0) is 95.8 Å². The van der Waals surface area contributed by atoms with Crippen molar-refractivity contribution in [1.29, 1.82) is 0 Å². The molecule has 0 aliphatic heterocycles. The predicted molar refractivity (Wildman–Crippen MR) is 283 cm³/mol. The van der Waals surface area contributed by atoms with Crippen molar-refractivity contribution in [2.45, 2.75) is 13.8 Å². The summed E-state index contributed by atoms with van der Waals surface area (Å²) in [6, 6.07) is 80.3. The van der Waals surface area contributed by atoms with Gasteiger partial charge in [0.15, 0.2) is 23.3 Å². The SMILES string of the molecule is Cc1ccccc1-c1ccc2c(c1)c1cc(-c3ccccc3C)ccc1n2-c1ccc(-c2nc(-c3ccccc3)cc(-c3ccccc3)n2)cc1-c1nc(-c2ccccc2)nc(-c2ccccc2)n1. The fourth-order valence-corrected chi connectivity index (χ4v) is 9.48. The molecule has 0 bridgehead atoms. The number of aromatic nitrogens is 6. The molecule has 0 aliphatic carbocycles. The fourth-order valence-electron chi connectivity index (χ4n) is 9.48. The minimum Gasteiger partial charge on any atom is -0.308 e. The van der Waals surface area contributed by atoms with Crippen LogP contribution in [0.5, 0.6) is 0 Å². The lowest BCUT2D eigenvalue weighted by Gasteiger charge is -2.17. The molecule has 0 spiro atoms. The zero-order valence-corrected chi connectivity index (χ0v) is 38.1. The van der Waals surface area contributed by atoms with E-state index in [9.17, 15) is 0 Å². The maximum atomic E-state index is 5.35. The van der Waals surface area contributed by atoms with E-state index in [0.717, 1.165) is 72.3 Å². The molecule has 0 saturated heterocycles. The molecule has 69 heavy (non-hydrogen) atoms. The molecule has 6 heteroatoms. The Hall–Kier alpha value is -9.13. The minimum atomic E-state index is 0.533. The predicted octanol–water partition coefficient (Wildman–Crippen LogP) is 15.7. The van der Waals surface area contributed by atoms with Gasteiger partial charge in [0.2, 0.25) is 0 Å². The highest BCUT2D eigenvalue weighted by Gasteiger charge is 2.23. The lowest BCUT2D eigenvalue weighted by Crippen LogP contribution is -2.04. The lowest BCUT2D eigenvalue weighted by atomic mass is 9.97. The Kier molecular flexibility index (Phi) is 10.5. The number of nitrogens with zero attached hydrogens (tertiary/aromatic N) is 6. The Morgan fingerprint density at radius 3 is 1.13 bits per heavy atom. The molecule has 9 aromatic carbocycles. The van der Waals surface area contributed by atoms with Crippen LogP contribution in [-0.4, -0.2) is 29.5 Å². The number of hydrogen-bond donors (Lipinski definition) is 0. The number of aryl methyl sites for hydroxylation is 2. The molecule has 0 aliphatic rings. The second kappa shape index (κ2) is 17.6. The largest absolute Gasteiger partial charge is 0.308 e. The van der Waals surface area contributed by atoms with Crippen molar-refractivity contribution in [3.63, 3.8) is 0 Å². The summed E-state index contributed by atoms with van der Waals surface area (Å²) in [5.41, 5.74) is 17.4. The van der Waals surface area contributed by atoms with Crippen molar-refractivity contribution in [2.75, 3.05) is 0 Å². The molecule has 0 saturated carbocycles. The van der Waals surface area contributed by atoms with Crippen molar-refractivity contribution in [3.8, 4) is 96.0 Å². The third-order valence-corrected chi connectivity index (χ3v) is 13.0. The van der Waals surface area contributed by atoms with Gasteiger partial charge in [-0.3, -0.25) is 0 Å². The van der Waals surface area contributed by atoms with Crippen LogP contribution < -0.4 is 0 Å². The summed E-state index contributed by atoms with van der Waals surface area (Å²) >= 11 is 0. The number of hydrogen-bond acceptors (Lipinski definition) is 5. The average Bonchev–Trinajstić information content (AvgIpc) is 3.74. The first-order valence-corrected chi connectivity index (χ1v) is 23.2. The number of benzene rings is 9. The molecule has 0 radical (unpaired) electrons. The third-order valence-electron chi connectivity index (χ3n) is 13.0. The van der Waals surface area contributed by atoms with E-state index in [1.165, 1.54) is 33.4 Å². The van der Waals surface area contributed by atoms with Gasteiger partial charge in [-0.25, -0.2) is 24.9 Å². The molecule has 3 aromatic heterocycles. The van der Waals surface area contributed by atoms with Crippen molar-refractivity contribution >= 4 is 21.8 Å². The number of rotatable bonds is 9. The van der Waals surface area contributed by atoms with E-state index in [2.05, 4.69) is 152 Å². The Morgan fingerprint density at radius 2 is 0.667 bits per heavy atom. The van der Waals surface area contributed by atoms with Crippen molar-refractivity contribution < 1.29 is 0 Å². The van der Waals surface area contributed by atoms with Gasteiger partial charge in [-0.15, -0.1) is 0 Å². The van der Waals surface area contributed by atoms with Crippen LogP contribution in [0.25, 0.3) is 118 Å². The first kappa shape index (κ1) is 41.3. The zero-order valence-electron chi connectivity index (χ0n) is 38.1. The maximum absolute atomic E-state index is 5.35. The Labute approximate surface area is 401 Å². The highest BCUT2D eigenvalue weighted by Crippen LogP contribution is 2.42. The summed E-state index contributed by atoms with van der Waals surface area (Å²) < 4.78 is 2.37. The van der Waals surface area contributed by atoms with Gasteiger partial charge in [-0.1, -0.05) is 182 Å². The van der Waals surface area contributed by atoms with Gasteiger partial charge in [0.25, 0.3) is 0 Å². The molecule has 12 rings (SSSR count). The van der Waals surface area contributed by atoms with Crippen molar-refractivity contribution in [3.05, 3.63) is 242 Å². The smallest absolute Gasteiger partial charge is 0.166 e. The Balaban J connectivity index is 1.16. The van der Waals surface area contributed by atoms with Crippen molar-refractivity contribution in [1.82, 2.24) is 29.5 Å². The summed E-state index contributed by atoms with van der Waals surface area (Å²) in [6.45, 7) is 4.36.